The zero-order chi connectivity index (χ0) is 14.9. The molecular formula is C21H17N. The third-order valence-corrected chi connectivity index (χ3v) is 4.22. The number of fused-ring (bicyclic) bond motifs is 3. The lowest BCUT2D eigenvalue weighted by atomic mass is 9.97. The predicted octanol–water partition coefficient (Wildman–Crippen LogP) is 5.62. The van der Waals surface area contributed by atoms with E-state index in [0.717, 1.165) is 17.6 Å². The van der Waals surface area contributed by atoms with Gasteiger partial charge in [-0.3, -0.25) is 0 Å². The molecule has 0 amide bonds. The molecule has 0 aliphatic rings. The highest BCUT2D eigenvalue weighted by Gasteiger charge is 2.10. The van der Waals surface area contributed by atoms with Crippen LogP contribution in [0.3, 0.4) is 0 Å². The van der Waals surface area contributed by atoms with Gasteiger partial charge in [-0.1, -0.05) is 67.6 Å². The Kier molecular flexibility index (Phi) is 3.12. The Morgan fingerprint density at radius 3 is 2.32 bits per heavy atom. The number of aromatic nitrogens is 1. The quantitative estimate of drug-likeness (QED) is 0.435. The molecule has 3 aromatic carbocycles. The lowest BCUT2D eigenvalue weighted by Gasteiger charge is -2.11. The van der Waals surface area contributed by atoms with E-state index < -0.39 is 0 Å². The topological polar surface area (TPSA) is 12.9 Å². The monoisotopic (exact) mass is 283 g/mol. The van der Waals surface area contributed by atoms with Crippen molar-refractivity contribution in [1.82, 2.24) is 4.98 Å². The lowest BCUT2D eigenvalue weighted by Crippen LogP contribution is -1.91. The molecule has 0 saturated carbocycles. The zero-order valence-corrected chi connectivity index (χ0v) is 12.6. The summed E-state index contributed by atoms with van der Waals surface area (Å²) in [6.45, 7) is 2.19. The summed E-state index contributed by atoms with van der Waals surface area (Å²) >= 11 is 0. The molecule has 1 heteroatoms. The van der Waals surface area contributed by atoms with Crippen LogP contribution in [0, 0.1) is 0 Å². The van der Waals surface area contributed by atoms with Gasteiger partial charge in [0.1, 0.15) is 0 Å². The van der Waals surface area contributed by atoms with Gasteiger partial charge in [0, 0.05) is 16.3 Å². The van der Waals surface area contributed by atoms with Crippen LogP contribution in [-0.4, -0.2) is 4.98 Å². The maximum absolute atomic E-state index is 4.95. The minimum Gasteiger partial charge on any atom is -0.247 e. The first-order chi connectivity index (χ1) is 10.9. The van der Waals surface area contributed by atoms with Gasteiger partial charge < -0.3 is 0 Å². The maximum Gasteiger partial charge on any atom is 0.0788 e. The molecule has 0 unspecified atom stereocenters. The number of rotatable bonds is 2. The minimum absolute atomic E-state index is 1.04. The van der Waals surface area contributed by atoms with Gasteiger partial charge in [-0.15, -0.1) is 0 Å². The number of aryl methyl sites for hydroxylation is 1. The van der Waals surface area contributed by atoms with Gasteiger partial charge in [-0.2, -0.15) is 0 Å². The Hall–Kier alpha value is -2.67. The third kappa shape index (κ3) is 2.06. The van der Waals surface area contributed by atoms with E-state index in [-0.39, 0.29) is 0 Å². The molecule has 1 aromatic heterocycles. The van der Waals surface area contributed by atoms with Crippen LogP contribution >= 0.6 is 0 Å². The molecule has 0 aliphatic heterocycles. The first kappa shape index (κ1) is 13.0. The zero-order valence-electron chi connectivity index (χ0n) is 12.6. The van der Waals surface area contributed by atoms with E-state index in [2.05, 4.69) is 73.7 Å². The Morgan fingerprint density at radius 1 is 0.727 bits per heavy atom. The number of hydrogen-bond acceptors (Lipinski definition) is 1. The first-order valence-corrected chi connectivity index (χ1v) is 7.73. The average Bonchev–Trinajstić information content (AvgIpc) is 2.61. The number of para-hydroxylation sites is 1. The molecule has 0 fully saturated rings. The highest BCUT2D eigenvalue weighted by Crippen LogP contribution is 2.32. The molecule has 1 nitrogen and oxygen atoms in total. The van der Waals surface area contributed by atoms with Crippen molar-refractivity contribution in [3.05, 3.63) is 78.4 Å². The lowest BCUT2D eigenvalue weighted by molar-refractivity contribution is 1.15. The average molecular weight is 283 g/mol. The van der Waals surface area contributed by atoms with Crippen molar-refractivity contribution in [2.24, 2.45) is 0 Å². The smallest absolute Gasteiger partial charge is 0.0788 e. The molecule has 1 heterocycles. The molecule has 0 aliphatic carbocycles. The van der Waals surface area contributed by atoms with E-state index in [9.17, 15) is 0 Å². The van der Waals surface area contributed by atoms with Gasteiger partial charge in [0.25, 0.3) is 0 Å². The predicted molar refractivity (Wildman–Crippen MR) is 94.1 cm³/mol. The van der Waals surface area contributed by atoms with Crippen LogP contribution in [0.2, 0.25) is 0 Å². The Morgan fingerprint density at radius 2 is 1.50 bits per heavy atom. The number of nitrogens with zero attached hydrogens (tertiary/aromatic N) is 1. The van der Waals surface area contributed by atoms with Crippen molar-refractivity contribution in [3.63, 3.8) is 0 Å². The Bertz CT molecular complexity index is 955. The van der Waals surface area contributed by atoms with Gasteiger partial charge in [0.05, 0.1) is 11.2 Å². The van der Waals surface area contributed by atoms with Gasteiger partial charge in [0.2, 0.25) is 0 Å². The van der Waals surface area contributed by atoms with Crippen LogP contribution in [0.25, 0.3) is 32.9 Å². The summed E-state index contributed by atoms with van der Waals surface area (Å²) in [7, 11) is 0. The van der Waals surface area contributed by atoms with Gasteiger partial charge in [-0.25, -0.2) is 4.98 Å². The van der Waals surface area contributed by atoms with E-state index in [1.807, 2.05) is 6.07 Å². The van der Waals surface area contributed by atoms with Crippen LogP contribution in [0.4, 0.5) is 0 Å². The summed E-state index contributed by atoms with van der Waals surface area (Å²) in [5.41, 5.74) is 4.65. The van der Waals surface area contributed by atoms with Gasteiger partial charge in [0.15, 0.2) is 0 Å². The molecule has 0 spiro atoms. The van der Waals surface area contributed by atoms with Crippen molar-refractivity contribution < 1.29 is 0 Å². The fraction of sp³-hybridized carbons (Fsp3) is 0.0952. The molecule has 0 N–H and O–H groups in total. The second-order valence-electron chi connectivity index (χ2n) is 5.58. The van der Waals surface area contributed by atoms with Crippen LogP contribution in [0.15, 0.2) is 72.8 Å². The Balaban J connectivity index is 2.16. The summed E-state index contributed by atoms with van der Waals surface area (Å²) in [5.74, 6) is 0. The SMILES string of the molecule is CCc1ccc2c(c1)c(-c1ccccc1)nc1ccccc12. The van der Waals surface area contributed by atoms with E-state index in [1.54, 1.807) is 0 Å². The fourth-order valence-electron chi connectivity index (χ4n) is 3.04. The highest BCUT2D eigenvalue weighted by molar-refractivity contribution is 6.11. The van der Waals surface area contributed by atoms with E-state index in [4.69, 9.17) is 4.98 Å². The number of benzene rings is 3. The van der Waals surface area contributed by atoms with Crippen LogP contribution in [0.1, 0.15) is 12.5 Å². The molecule has 0 radical (unpaired) electrons. The normalized spacial score (nSPS) is 11.1. The van der Waals surface area contributed by atoms with E-state index in [1.165, 1.54) is 27.3 Å². The minimum atomic E-state index is 1.04. The van der Waals surface area contributed by atoms with E-state index in [0.29, 0.717) is 0 Å². The number of pyridine rings is 1. The molecule has 4 aromatic rings. The molecule has 0 bridgehead atoms. The Labute approximate surface area is 130 Å². The molecule has 0 saturated heterocycles. The molecule has 4 rings (SSSR count). The first-order valence-electron chi connectivity index (χ1n) is 7.73. The fourth-order valence-corrected chi connectivity index (χ4v) is 3.04. The maximum atomic E-state index is 4.95. The summed E-state index contributed by atoms with van der Waals surface area (Å²) in [4.78, 5) is 4.95. The van der Waals surface area contributed by atoms with Crippen molar-refractivity contribution >= 4 is 21.7 Å². The van der Waals surface area contributed by atoms with Crippen LogP contribution in [-0.2, 0) is 6.42 Å². The third-order valence-electron chi connectivity index (χ3n) is 4.22. The van der Waals surface area contributed by atoms with Gasteiger partial charge >= 0.3 is 0 Å². The van der Waals surface area contributed by atoms with Gasteiger partial charge in [-0.05, 0) is 29.5 Å². The molecule has 22 heavy (non-hydrogen) atoms. The standard InChI is InChI=1S/C21H17N/c1-2-15-12-13-17-18-10-6-7-11-20(18)22-21(19(17)14-15)16-8-4-3-5-9-16/h3-14H,2H2,1H3. The largest absolute Gasteiger partial charge is 0.247 e. The van der Waals surface area contributed by atoms with E-state index >= 15 is 0 Å². The molecule has 0 atom stereocenters. The molecular weight excluding hydrogens is 266 g/mol. The van der Waals surface area contributed by atoms with Crippen LogP contribution < -0.4 is 0 Å². The second kappa shape index (κ2) is 5.27. The van der Waals surface area contributed by atoms with Crippen molar-refractivity contribution in [1.29, 1.82) is 0 Å². The summed E-state index contributed by atoms with van der Waals surface area (Å²) < 4.78 is 0. The summed E-state index contributed by atoms with van der Waals surface area (Å²) in [5, 5.41) is 3.74. The number of hydrogen-bond donors (Lipinski definition) is 0. The van der Waals surface area contributed by atoms with Crippen molar-refractivity contribution in [3.8, 4) is 11.3 Å². The van der Waals surface area contributed by atoms with Crippen molar-refractivity contribution in [2.45, 2.75) is 13.3 Å². The summed E-state index contributed by atoms with van der Waals surface area (Å²) in [6, 6.07) is 25.6. The van der Waals surface area contributed by atoms with Crippen LogP contribution in [0.5, 0.6) is 0 Å². The van der Waals surface area contributed by atoms with Crippen molar-refractivity contribution in [2.75, 3.05) is 0 Å². The second-order valence-corrected chi connectivity index (χ2v) is 5.58. The molecule has 106 valence electrons. The summed E-state index contributed by atoms with van der Waals surface area (Å²) in [6.07, 6.45) is 1.04. The highest BCUT2D eigenvalue weighted by atomic mass is 14.7.